The number of methoxy groups -OCH3 is 1. The smallest absolute Gasteiger partial charge is 0.106 e. The summed E-state index contributed by atoms with van der Waals surface area (Å²) >= 11 is 0. The Bertz CT molecular complexity index is 186. The molecule has 1 N–H and O–H groups in total. The van der Waals surface area contributed by atoms with Crippen molar-refractivity contribution in [1.82, 2.24) is 0 Å². The minimum atomic E-state index is -1.02. The predicted molar refractivity (Wildman–Crippen MR) is 51.1 cm³/mol. The Morgan fingerprint density at radius 3 is 2.31 bits per heavy atom. The molecule has 2 unspecified atom stereocenters. The highest BCUT2D eigenvalue weighted by Gasteiger charge is 2.39. The van der Waals surface area contributed by atoms with Crippen LogP contribution in [0.2, 0.25) is 0 Å². The number of nitrogens with zero attached hydrogens (tertiary/aromatic N) is 1. The lowest BCUT2D eigenvalue weighted by Gasteiger charge is -2.34. The second-order valence-corrected chi connectivity index (χ2v) is 3.67. The number of nitriles is 1. The summed E-state index contributed by atoms with van der Waals surface area (Å²) in [7, 11) is 1.54. The first-order valence-corrected chi connectivity index (χ1v) is 4.63. The van der Waals surface area contributed by atoms with E-state index in [1.165, 1.54) is 7.11 Å². The van der Waals surface area contributed by atoms with Gasteiger partial charge in [-0.2, -0.15) is 5.26 Å². The first-order valence-electron chi connectivity index (χ1n) is 4.63. The Morgan fingerprint density at radius 2 is 2.08 bits per heavy atom. The van der Waals surface area contributed by atoms with E-state index in [0.29, 0.717) is 6.42 Å². The maximum absolute atomic E-state index is 10.2. The van der Waals surface area contributed by atoms with Crippen molar-refractivity contribution in [2.24, 2.45) is 11.8 Å². The lowest BCUT2D eigenvalue weighted by molar-refractivity contribution is -0.0919. The molecule has 0 aliphatic heterocycles. The summed E-state index contributed by atoms with van der Waals surface area (Å²) in [5.74, 6) is -0.329. The first kappa shape index (κ1) is 12.4. The molecule has 0 aromatic rings. The van der Waals surface area contributed by atoms with Gasteiger partial charge < -0.3 is 9.84 Å². The van der Waals surface area contributed by atoms with Gasteiger partial charge in [0.05, 0.1) is 18.6 Å². The van der Waals surface area contributed by atoms with Gasteiger partial charge in [0.15, 0.2) is 0 Å². The number of hydrogen-bond acceptors (Lipinski definition) is 3. The summed E-state index contributed by atoms with van der Waals surface area (Å²) in [6.45, 7) is 5.92. The topological polar surface area (TPSA) is 53.2 Å². The second-order valence-electron chi connectivity index (χ2n) is 3.67. The molecule has 0 rings (SSSR count). The highest BCUT2D eigenvalue weighted by Crippen LogP contribution is 2.28. The van der Waals surface area contributed by atoms with Gasteiger partial charge in [-0.05, 0) is 12.3 Å². The maximum Gasteiger partial charge on any atom is 0.106 e. The molecule has 0 saturated carbocycles. The van der Waals surface area contributed by atoms with Crippen LogP contribution in [0.25, 0.3) is 0 Å². The average molecular weight is 185 g/mol. The van der Waals surface area contributed by atoms with Crippen LogP contribution in [-0.2, 0) is 4.74 Å². The van der Waals surface area contributed by atoms with E-state index in [9.17, 15) is 5.11 Å². The molecule has 0 aliphatic rings. The molecule has 76 valence electrons. The molecule has 0 saturated heterocycles. The SMILES string of the molecule is CCC(C#N)C(O)(COC)C(C)C. The zero-order chi connectivity index (χ0) is 10.5. The van der Waals surface area contributed by atoms with Crippen LogP contribution in [0.15, 0.2) is 0 Å². The van der Waals surface area contributed by atoms with Crippen molar-refractivity contribution in [3.63, 3.8) is 0 Å². The molecule has 3 nitrogen and oxygen atoms in total. The zero-order valence-electron chi connectivity index (χ0n) is 8.87. The van der Waals surface area contributed by atoms with Crippen LogP contribution in [0.1, 0.15) is 27.2 Å². The largest absolute Gasteiger partial charge is 0.386 e. The molecule has 0 aromatic carbocycles. The van der Waals surface area contributed by atoms with Gasteiger partial charge in [0.1, 0.15) is 5.60 Å². The normalized spacial score (nSPS) is 17.9. The fourth-order valence-electron chi connectivity index (χ4n) is 1.46. The Morgan fingerprint density at radius 1 is 1.54 bits per heavy atom. The predicted octanol–water partition coefficient (Wildman–Crippen LogP) is 1.57. The summed E-state index contributed by atoms with van der Waals surface area (Å²) in [5.41, 5.74) is -1.02. The molecule has 0 fully saturated rings. The van der Waals surface area contributed by atoms with Gasteiger partial charge in [0, 0.05) is 7.11 Å². The summed E-state index contributed by atoms with van der Waals surface area (Å²) in [6.07, 6.45) is 0.647. The van der Waals surface area contributed by atoms with Gasteiger partial charge in [-0.1, -0.05) is 20.8 Å². The quantitative estimate of drug-likeness (QED) is 0.707. The number of rotatable bonds is 5. The van der Waals surface area contributed by atoms with Crippen LogP contribution in [0.5, 0.6) is 0 Å². The van der Waals surface area contributed by atoms with E-state index in [0.717, 1.165) is 0 Å². The first-order chi connectivity index (χ1) is 6.02. The molecular weight excluding hydrogens is 166 g/mol. The van der Waals surface area contributed by atoms with E-state index in [2.05, 4.69) is 6.07 Å². The van der Waals surface area contributed by atoms with Crippen molar-refractivity contribution in [2.45, 2.75) is 32.8 Å². The molecule has 0 aromatic heterocycles. The number of aliphatic hydroxyl groups is 1. The zero-order valence-corrected chi connectivity index (χ0v) is 8.87. The van der Waals surface area contributed by atoms with E-state index in [4.69, 9.17) is 10.00 Å². The molecule has 0 aliphatic carbocycles. The van der Waals surface area contributed by atoms with Crippen molar-refractivity contribution in [3.05, 3.63) is 0 Å². The molecule has 3 heteroatoms. The summed E-state index contributed by atoms with van der Waals surface area (Å²) in [6, 6.07) is 2.13. The lowest BCUT2D eigenvalue weighted by atomic mass is 9.78. The summed E-state index contributed by atoms with van der Waals surface area (Å²) in [4.78, 5) is 0. The number of ether oxygens (including phenoxy) is 1. The third-order valence-corrected chi connectivity index (χ3v) is 2.54. The Balaban J connectivity index is 4.66. The molecule has 2 atom stereocenters. The molecule has 0 heterocycles. The van der Waals surface area contributed by atoms with Crippen LogP contribution in [0.4, 0.5) is 0 Å². The van der Waals surface area contributed by atoms with E-state index < -0.39 is 5.60 Å². The van der Waals surface area contributed by atoms with Gasteiger partial charge >= 0.3 is 0 Å². The average Bonchev–Trinajstić information content (AvgIpc) is 2.06. The van der Waals surface area contributed by atoms with Crippen molar-refractivity contribution in [2.75, 3.05) is 13.7 Å². The van der Waals surface area contributed by atoms with Crippen molar-refractivity contribution >= 4 is 0 Å². The molecule has 0 radical (unpaired) electrons. The number of hydrogen-bond donors (Lipinski definition) is 1. The van der Waals surface area contributed by atoms with Gasteiger partial charge in [0.25, 0.3) is 0 Å². The lowest BCUT2D eigenvalue weighted by Crippen LogP contribution is -2.46. The van der Waals surface area contributed by atoms with Crippen LogP contribution >= 0.6 is 0 Å². The summed E-state index contributed by atoms with van der Waals surface area (Å²) in [5, 5.41) is 19.1. The van der Waals surface area contributed by atoms with Crippen LogP contribution in [0, 0.1) is 23.2 Å². The van der Waals surface area contributed by atoms with E-state index in [-0.39, 0.29) is 18.4 Å². The Labute approximate surface area is 80.3 Å². The molecule has 0 bridgehead atoms. The van der Waals surface area contributed by atoms with E-state index in [1.807, 2.05) is 20.8 Å². The van der Waals surface area contributed by atoms with Gasteiger partial charge in [-0.3, -0.25) is 0 Å². The van der Waals surface area contributed by atoms with Crippen LogP contribution in [0.3, 0.4) is 0 Å². The molecule has 13 heavy (non-hydrogen) atoms. The highest BCUT2D eigenvalue weighted by molar-refractivity contribution is 4.99. The standard InChI is InChI=1S/C10H19NO2/c1-5-9(6-11)10(12,7-13-4)8(2)3/h8-9,12H,5,7H2,1-4H3. The van der Waals surface area contributed by atoms with E-state index >= 15 is 0 Å². The van der Waals surface area contributed by atoms with Crippen molar-refractivity contribution in [3.8, 4) is 6.07 Å². The third kappa shape index (κ3) is 2.68. The van der Waals surface area contributed by atoms with Gasteiger partial charge in [-0.25, -0.2) is 0 Å². The van der Waals surface area contributed by atoms with Crippen molar-refractivity contribution in [1.29, 1.82) is 5.26 Å². The van der Waals surface area contributed by atoms with E-state index in [1.54, 1.807) is 0 Å². The Kier molecular flexibility index (Phi) is 4.97. The monoisotopic (exact) mass is 185 g/mol. The van der Waals surface area contributed by atoms with Crippen LogP contribution < -0.4 is 0 Å². The molecular formula is C10H19NO2. The van der Waals surface area contributed by atoms with Gasteiger partial charge in [0.2, 0.25) is 0 Å². The minimum Gasteiger partial charge on any atom is -0.386 e. The highest BCUT2D eigenvalue weighted by atomic mass is 16.5. The Hall–Kier alpha value is -0.590. The molecule has 0 spiro atoms. The van der Waals surface area contributed by atoms with Crippen molar-refractivity contribution < 1.29 is 9.84 Å². The maximum atomic E-state index is 10.2. The minimum absolute atomic E-state index is 0.0250. The fourth-order valence-corrected chi connectivity index (χ4v) is 1.46. The molecule has 0 amide bonds. The van der Waals surface area contributed by atoms with Gasteiger partial charge in [-0.15, -0.1) is 0 Å². The second kappa shape index (κ2) is 5.21. The fraction of sp³-hybridized carbons (Fsp3) is 0.900. The summed E-state index contributed by atoms with van der Waals surface area (Å²) < 4.78 is 4.95. The van der Waals surface area contributed by atoms with Crippen LogP contribution in [-0.4, -0.2) is 24.4 Å². The third-order valence-electron chi connectivity index (χ3n) is 2.54.